The van der Waals surface area contributed by atoms with Crippen molar-refractivity contribution in [3.05, 3.63) is 53.6 Å². The van der Waals surface area contributed by atoms with E-state index in [4.69, 9.17) is 16.3 Å². The SMILES string of the molecule is CN1C(=O)C(=O)N(c2ccc(Oc3cccc(Cl)c3)cc2)C1=O. The topological polar surface area (TPSA) is 66.9 Å². The maximum absolute atomic E-state index is 11.9. The number of carbonyl (C=O) groups is 3. The number of hydrogen-bond donors (Lipinski definition) is 0. The van der Waals surface area contributed by atoms with E-state index in [9.17, 15) is 14.4 Å². The summed E-state index contributed by atoms with van der Waals surface area (Å²) in [7, 11) is 1.26. The molecule has 0 aliphatic carbocycles. The van der Waals surface area contributed by atoms with Crippen LogP contribution in [-0.4, -0.2) is 29.8 Å². The quantitative estimate of drug-likeness (QED) is 0.641. The average Bonchev–Trinajstić information content (AvgIpc) is 2.72. The average molecular weight is 331 g/mol. The van der Waals surface area contributed by atoms with Gasteiger partial charge in [0.2, 0.25) is 0 Å². The molecular formula is C16H11ClN2O4. The minimum absolute atomic E-state index is 0.302. The molecule has 3 rings (SSSR count). The molecule has 0 atom stereocenters. The molecule has 0 aromatic heterocycles. The van der Waals surface area contributed by atoms with E-state index in [0.717, 1.165) is 9.80 Å². The third kappa shape index (κ3) is 2.76. The summed E-state index contributed by atoms with van der Waals surface area (Å²) in [5.74, 6) is -0.654. The van der Waals surface area contributed by atoms with Crippen molar-refractivity contribution in [1.82, 2.24) is 4.90 Å². The summed E-state index contributed by atoms with van der Waals surface area (Å²) >= 11 is 5.88. The summed E-state index contributed by atoms with van der Waals surface area (Å²) in [4.78, 5) is 36.8. The maximum atomic E-state index is 11.9. The standard InChI is InChI=1S/C16H11ClN2O4/c1-18-14(20)15(21)19(16(18)22)11-5-7-12(8-6-11)23-13-4-2-3-10(17)9-13/h2-9H,1H3. The van der Waals surface area contributed by atoms with Gasteiger partial charge in [-0.05, 0) is 42.5 Å². The molecule has 2 aromatic rings. The van der Waals surface area contributed by atoms with Gasteiger partial charge < -0.3 is 4.74 Å². The van der Waals surface area contributed by atoms with Crippen LogP contribution >= 0.6 is 11.6 Å². The van der Waals surface area contributed by atoms with Gasteiger partial charge in [0.15, 0.2) is 0 Å². The number of amides is 4. The Kier molecular flexibility index (Phi) is 3.75. The van der Waals surface area contributed by atoms with E-state index < -0.39 is 17.8 Å². The summed E-state index contributed by atoms with van der Waals surface area (Å²) in [6, 6.07) is 12.5. The van der Waals surface area contributed by atoms with Crippen LogP contribution in [0.15, 0.2) is 48.5 Å². The van der Waals surface area contributed by atoms with Gasteiger partial charge in [-0.25, -0.2) is 9.69 Å². The largest absolute Gasteiger partial charge is 0.457 e. The molecule has 0 bridgehead atoms. The summed E-state index contributed by atoms with van der Waals surface area (Å²) in [6.45, 7) is 0. The van der Waals surface area contributed by atoms with Crippen molar-refractivity contribution in [3.8, 4) is 11.5 Å². The molecular weight excluding hydrogens is 320 g/mol. The van der Waals surface area contributed by atoms with Crippen molar-refractivity contribution in [2.24, 2.45) is 0 Å². The Balaban J connectivity index is 1.81. The van der Waals surface area contributed by atoms with Gasteiger partial charge in [0.05, 0.1) is 5.69 Å². The Bertz CT molecular complexity index is 804. The van der Waals surface area contributed by atoms with E-state index in [1.807, 2.05) is 0 Å². The maximum Gasteiger partial charge on any atom is 0.338 e. The van der Waals surface area contributed by atoms with Crippen LogP contribution in [0.25, 0.3) is 0 Å². The minimum atomic E-state index is -0.874. The smallest absolute Gasteiger partial charge is 0.338 e. The fourth-order valence-electron chi connectivity index (χ4n) is 2.12. The molecule has 1 heterocycles. The Morgan fingerprint density at radius 3 is 2.17 bits per heavy atom. The van der Waals surface area contributed by atoms with Crippen LogP contribution in [0.4, 0.5) is 10.5 Å². The molecule has 1 aliphatic rings. The number of urea groups is 1. The van der Waals surface area contributed by atoms with Crippen molar-refractivity contribution in [1.29, 1.82) is 0 Å². The van der Waals surface area contributed by atoms with E-state index >= 15 is 0 Å². The van der Waals surface area contributed by atoms with Gasteiger partial charge in [-0.2, -0.15) is 0 Å². The second kappa shape index (κ2) is 5.73. The first-order valence-electron chi connectivity index (χ1n) is 6.67. The number of hydrogen-bond acceptors (Lipinski definition) is 4. The lowest BCUT2D eigenvalue weighted by molar-refractivity contribution is -0.138. The van der Waals surface area contributed by atoms with Gasteiger partial charge in [-0.3, -0.25) is 14.5 Å². The number of rotatable bonds is 3. The van der Waals surface area contributed by atoms with E-state index in [0.29, 0.717) is 22.2 Å². The Morgan fingerprint density at radius 2 is 1.61 bits per heavy atom. The Morgan fingerprint density at radius 1 is 0.913 bits per heavy atom. The van der Waals surface area contributed by atoms with Gasteiger partial charge in [0.25, 0.3) is 0 Å². The van der Waals surface area contributed by atoms with Crippen LogP contribution in [0.1, 0.15) is 0 Å². The molecule has 2 aromatic carbocycles. The van der Waals surface area contributed by atoms with Crippen LogP contribution in [0.2, 0.25) is 5.02 Å². The van der Waals surface area contributed by atoms with E-state index in [2.05, 4.69) is 0 Å². The molecule has 116 valence electrons. The summed E-state index contributed by atoms with van der Waals surface area (Å²) in [5.41, 5.74) is 0.302. The van der Waals surface area contributed by atoms with Crippen LogP contribution in [0.3, 0.4) is 0 Å². The zero-order chi connectivity index (χ0) is 16.6. The fourth-order valence-corrected chi connectivity index (χ4v) is 2.30. The van der Waals surface area contributed by atoms with E-state index in [1.54, 1.807) is 36.4 Å². The van der Waals surface area contributed by atoms with Crippen molar-refractivity contribution < 1.29 is 19.1 Å². The first-order chi connectivity index (χ1) is 11.0. The molecule has 0 radical (unpaired) electrons. The highest BCUT2D eigenvalue weighted by Crippen LogP contribution is 2.28. The molecule has 4 amide bonds. The van der Waals surface area contributed by atoms with Gasteiger partial charge in [-0.1, -0.05) is 17.7 Å². The second-order valence-corrected chi connectivity index (χ2v) is 5.28. The summed E-state index contributed by atoms with van der Waals surface area (Å²) < 4.78 is 5.62. The van der Waals surface area contributed by atoms with Crippen LogP contribution < -0.4 is 9.64 Å². The number of likely N-dealkylation sites (N-methyl/N-ethyl adjacent to an activating group) is 1. The summed E-state index contributed by atoms with van der Waals surface area (Å²) in [5, 5.41) is 0.550. The highest BCUT2D eigenvalue weighted by atomic mass is 35.5. The van der Waals surface area contributed by atoms with Crippen LogP contribution in [-0.2, 0) is 9.59 Å². The first-order valence-corrected chi connectivity index (χ1v) is 7.05. The molecule has 1 fully saturated rings. The van der Waals surface area contributed by atoms with Gasteiger partial charge in [0, 0.05) is 12.1 Å². The molecule has 0 N–H and O–H groups in total. The van der Waals surface area contributed by atoms with E-state index in [1.165, 1.54) is 19.2 Å². The number of imide groups is 2. The molecule has 0 saturated carbocycles. The predicted octanol–water partition coefficient (Wildman–Crippen LogP) is 3.06. The third-order valence-corrected chi connectivity index (χ3v) is 3.53. The minimum Gasteiger partial charge on any atom is -0.457 e. The fraction of sp³-hybridized carbons (Fsp3) is 0.0625. The molecule has 23 heavy (non-hydrogen) atoms. The lowest BCUT2D eigenvalue weighted by Crippen LogP contribution is -2.31. The normalized spacial score (nSPS) is 14.6. The lowest BCUT2D eigenvalue weighted by Gasteiger charge is -2.13. The van der Waals surface area contributed by atoms with Gasteiger partial charge >= 0.3 is 17.8 Å². The predicted molar refractivity (Wildman–Crippen MR) is 83.6 cm³/mol. The molecule has 7 heteroatoms. The van der Waals surface area contributed by atoms with Crippen molar-refractivity contribution in [2.75, 3.05) is 11.9 Å². The highest BCUT2D eigenvalue weighted by Gasteiger charge is 2.43. The molecule has 1 aliphatic heterocycles. The van der Waals surface area contributed by atoms with Crippen LogP contribution in [0, 0.1) is 0 Å². The monoisotopic (exact) mass is 330 g/mol. The zero-order valence-corrected chi connectivity index (χ0v) is 12.8. The van der Waals surface area contributed by atoms with E-state index in [-0.39, 0.29) is 0 Å². The van der Waals surface area contributed by atoms with Crippen molar-refractivity contribution in [3.63, 3.8) is 0 Å². The lowest BCUT2D eigenvalue weighted by atomic mass is 10.2. The molecule has 0 spiro atoms. The highest BCUT2D eigenvalue weighted by molar-refractivity contribution is 6.52. The van der Waals surface area contributed by atoms with Crippen molar-refractivity contribution in [2.45, 2.75) is 0 Å². The number of ether oxygens (including phenoxy) is 1. The van der Waals surface area contributed by atoms with Crippen molar-refractivity contribution >= 4 is 35.1 Å². The second-order valence-electron chi connectivity index (χ2n) is 4.84. The van der Waals surface area contributed by atoms with Gasteiger partial charge in [-0.15, -0.1) is 0 Å². The van der Waals surface area contributed by atoms with Gasteiger partial charge in [0.1, 0.15) is 11.5 Å². The summed E-state index contributed by atoms with van der Waals surface area (Å²) in [6.07, 6.45) is 0. The molecule has 6 nitrogen and oxygen atoms in total. The number of halogens is 1. The molecule has 0 unspecified atom stereocenters. The zero-order valence-electron chi connectivity index (χ0n) is 12.0. The number of nitrogens with zero attached hydrogens (tertiary/aromatic N) is 2. The number of benzene rings is 2. The third-order valence-electron chi connectivity index (χ3n) is 3.30. The molecule has 1 saturated heterocycles. The Hall–Kier alpha value is -2.86. The first kappa shape index (κ1) is 15.1. The van der Waals surface area contributed by atoms with Crippen LogP contribution in [0.5, 0.6) is 11.5 Å². The number of anilines is 1. The number of carbonyl (C=O) groups excluding carboxylic acids is 3. The Labute approximate surface area is 136 Å².